The largest absolute Gasteiger partial charge is 0.481 e. The van der Waals surface area contributed by atoms with Gasteiger partial charge in [0.15, 0.2) is 0 Å². The summed E-state index contributed by atoms with van der Waals surface area (Å²) in [7, 11) is 0. The van der Waals surface area contributed by atoms with Crippen LogP contribution in [-0.4, -0.2) is 95.9 Å². The van der Waals surface area contributed by atoms with Gasteiger partial charge in [-0.1, -0.05) is 12.2 Å². The molecule has 32 heavy (non-hydrogen) atoms. The molecule has 0 saturated carbocycles. The number of amides is 1. The number of allylic oxidation sites excluding steroid dienone is 2. The summed E-state index contributed by atoms with van der Waals surface area (Å²) < 4.78 is 32.0. The number of ether oxygens (including phenoxy) is 6. The molecule has 0 aliphatic heterocycles. The van der Waals surface area contributed by atoms with Gasteiger partial charge in [0.2, 0.25) is 0 Å². The van der Waals surface area contributed by atoms with Crippen LogP contribution in [-0.2, 0) is 33.2 Å². The van der Waals surface area contributed by atoms with Crippen LogP contribution in [0.1, 0.15) is 38.5 Å². The van der Waals surface area contributed by atoms with E-state index in [1.165, 1.54) is 0 Å². The van der Waals surface area contributed by atoms with Gasteiger partial charge in [-0.2, -0.15) is 0 Å². The van der Waals surface area contributed by atoms with Gasteiger partial charge in [0.05, 0.1) is 72.5 Å². The SMILES string of the molecule is O=C(O)CCOCCOCCOCCOCCOCCNC(=O)OC1CC/C=C/CCC1. The van der Waals surface area contributed by atoms with E-state index in [1.54, 1.807) is 0 Å². The lowest BCUT2D eigenvalue weighted by atomic mass is 10.0. The maximum absolute atomic E-state index is 11.8. The molecule has 0 heterocycles. The summed E-state index contributed by atoms with van der Waals surface area (Å²) in [5.74, 6) is -0.874. The Labute approximate surface area is 190 Å². The first-order valence-corrected chi connectivity index (χ1v) is 11.4. The summed E-state index contributed by atoms with van der Waals surface area (Å²) in [5, 5.41) is 11.2. The van der Waals surface area contributed by atoms with E-state index in [0.29, 0.717) is 66.0 Å². The van der Waals surface area contributed by atoms with Crippen molar-refractivity contribution in [2.45, 2.75) is 44.6 Å². The molecule has 0 saturated heterocycles. The summed E-state index contributed by atoms with van der Waals surface area (Å²) >= 11 is 0. The highest BCUT2D eigenvalue weighted by Crippen LogP contribution is 2.15. The van der Waals surface area contributed by atoms with Crippen LogP contribution in [0.2, 0.25) is 0 Å². The molecular weight excluding hydrogens is 422 g/mol. The highest BCUT2D eigenvalue weighted by atomic mass is 16.6. The van der Waals surface area contributed by atoms with Gasteiger partial charge in [0.1, 0.15) is 6.10 Å². The van der Waals surface area contributed by atoms with Crippen LogP contribution in [0, 0.1) is 0 Å². The molecule has 2 N–H and O–H groups in total. The summed E-state index contributed by atoms with van der Waals surface area (Å²) in [6.45, 7) is 4.48. The molecule has 1 aliphatic carbocycles. The van der Waals surface area contributed by atoms with E-state index in [1.807, 2.05) is 0 Å². The molecule has 0 spiro atoms. The summed E-state index contributed by atoms with van der Waals surface area (Å²) in [4.78, 5) is 22.1. The normalized spacial score (nSPS) is 17.3. The fourth-order valence-electron chi connectivity index (χ4n) is 2.80. The molecular formula is C22H39NO9. The molecule has 10 nitrogen and oxygen atoms in total. The molecule has 0 aromatic rings. The van der Waals surface area contributed by atoms with E-state index in [0.717, 1.165) is 32.1 Å². The Bertz CT molecular complexity index is 502. The molecule has 1 amide bonds. The first kappa shape index (κ1) is 28.3. The average molecular weight is 462 g/mol. The Hall–Kier alpha value is -1.72. The lowest BCUT2D eigenvalue weighted by Gasteiger charge is -2.18. The van der Waals surface area contributed by atoms with Gasteiger partial charge in [-0.05, 0) is 32.1 Å². The minimum atomic E-state index is -0.874. The zero-order chi connectivity index (χ0) is 23.1. The maximum Gasteiger partial charge on any atom is 0.407 e. The van der Waals surface area contributed by atoms with Gasteiger partial charge in [-0.3, -0.25) is 4.79 Å². The number of hydrogen-bond donors (Lipinski definition) is 2. The quantitative estimate of drug-likeness (QED) is 0.220. The Morgan fingerprint density at radius 1 is 0.750 bits per heavy atom. The number of carbonyl (C=O) groups is 2. The monoisotopic (exact) mass is 461 g/mol. The zero-order valence-electron chi connectivity index (χ0n) is 19.0. The lowest BCUT2D eigenvalue weighted by Crippen LogP contribution is -2.31. The average Bonchev–Trinajstić information content (AvgIpc) is 2.74. The van der Waals surface area contributed by atoms with Crippen LogP contribution in [0.3, 0.4) is 0 Å². The van der Waals surface area contributed by atoms with Crippen LogP contribution in [0.4, 0.5) is 4.79 Å². The first-order valence-electron chi connectivity index (χ1n) is 11.4. The third kappa shape index (κ3) is 19.0. The van der Waals surface area contributed by atoms with Gasteiger partial charge in [-0.25, -0.2) is 4.79 Å². The third-order valence-electron chi connectivity index (χ3n) is 4.46. The number of nitrogens with one attached hydrogen (secondary N) is 1. The second kappa shape index (κ2) is 21.1. The van der Waals surface area contributed by atoms with Crippen LogP contribution >= 0.6 is 0 Å². The minimum Gasteiger partial charge on any atom is -0.481 e. The standard InChI is InChI=1S/C22H39NO9/c24-21(25)8-10-27-12-14-29-16-18-31-19-17-30-15-13-28-11-9-23-22(26)32-20-6-4-2-1-3-5-7-20/h1-2,20H,3-19H2,(H,23,26)(H,24,25)/b2-1+. The van der Waals surface area contributed by atoms with E-state index in [4.69, 9.17) is 33.5 Å². The van der Waals surface area contributed by atoms with Gasteiger partial charge in [-0.15, -0.1) is 0 Å². The van der Waals surface area contributed by atoms with Gasteiger partial charge >= 0.3 is 12.1 Å². The van der Waals surface area contributed by atoms with Crippen LogP contribution in [0.15, 0.2) is 12.2 Å². The Kier molecular flexibility index (Phi) is 18.7. The van der Waals surface area contributed by atoms with Crippen molar-refractivity contribution in [1.82, 2.24) is 5.32 Å². The second-order valence-corrected chi connectivity index (χ2v) is 7.14. The van der Waals surface area contributed by atoms with Crippen LogP contribution < -0.4 is 5.32 Å². The smallest absolute Gasteiger partial charge is 0.407 e. The molecule has 0 radical (unpaired) electrons. The van der Waals surface area contributed by atoms with Gasteiger partial charge in [0, 0.05) is 6.54 Å². The highest BCUT2D eigenvalue weighted by molar-refractivity contribution is 5.67. The predicted molar refractivity (Wildman–Crippen MR) is 117 cm³/mol. The van der Waals surface area contributed by atoms with Gasteiger partial charge in [0.25, 0.3) is 0 Å². The number of alkyl carbamates (subject to hydrolysis) is 1. The van der Waals surface area contributed by atoms with Crippen molar-refractivity contribution in [3.05, 3.63) is 12.2 Å². The molecule has 186 valence electrons. The molecule has 1 unspecified atom stereocenters. The molecule has 0 bridgehead atoms. The molecule has 0 fully saturated rings. The van der Waals surface area contributed by atoms with Crippen molar-refractivity contribution in [2.24, 2.45) is 0 Å². The number of hydrogen-bond acceptors (Lipinski definition) is 8. The molecule has 1 rings (SSSR count). The summed E-state index contributed by atoms with van der Waals surface area (Å²) in [6.07, 6.45) is 8.78. The fourth-order valence-corrected chi connectivity index (χ4v) is 2.80. The van der Waals surface area contributed by atoms with Crippen molar-refractivity contribution >= 4 is 12.1 Å². The van der Waals surface area contributed by atoms with Crippen molar-refractivity contribution in [3.8, 4) is 0 Å². The highest BCUT2D eigenvalue weighted by Gasteiger charge is 2.14. The Balaban J connectivity index is 1.75. The van der Waals surface area contributed by atoms with Crippen molar-refractivity contribution < 1.29 is 43.1 Å². The fraction of sp³-hybridized carbons (Fsp3) is 0.818. The number of carboxylic acid groups (broad SMARTS) is 1. The number of rotatable bonds is 19. The van der Waals surface area contributed by atoms with Crippen molar-refractivity contribution in [2.75, 3.05) is 72.6 Å². The first-order chi connectivity index (χ1) is 15.7. The van der Waals surface area contributed by atoms with E-state index in [9.17, 15) is 9.59 Å². The zero-order valence-corrected chi connectivity index (χ0v) is 19.0. The lowest BCUT2D eigenvalue weighted by molar-refractivity contribution is -0.138. The topological polar surface area (TPSA) is 122 Å². The summed E-state index contributed by atoms with van der Waals surface area (Å²) in [6, 6.07) is 0. The third-order valence-corrected chi connectivity index (χ3v) is 4.46. The second-order valence-electron chi connectivity index (χ2n) is 7.14. The van der Waals surface area contributed by atoms with Crippen LogP contribution in [0.25, 0.3) is 0 Å². The molecule has 0 aromatic heterocycles. The number of carboxylic acids is 1. The number of carbonyl (C=O) groups excluding carboxylic acids is 1. The van der Waals surface area contributed by atoms with Gasteiger partial charge < -0.3 is 38.8 Å². The molecule has 10 heteroatoms. The molecule has 1 aliphatic rings. The van der Waals surface area contributed by atoms with E-state index < -0.39 is 5.97 Å². The van der Waals surface area contributed by atoms with Crippen molar-refractivity contribution in [1.29, 1.82) is 0 Å². The number of aliphatic carboxylic acids is 1. The summed E-state index contributed by atoms with van der Waals surface area (Å²) in [5.41, 5.74) is 0. The molecule has 0 aromatic carbocycles. The maximum atomic E-state index is 11.8. The van der Waals surface area contributed by atoms with E-state index in [2.05, 4.69) is 17.5 Å². The van der Waals surface area contributed by atoms with Crippen LogP contribution in [0.5, 0.6) is 0 Å². The van der Waals surface area contributed by atoms with E-state index >= 15 is 0 Å². The predicted octanol–water partition coefficient (Wildman–Crippen LogP) is 2.16. The molecule has 1 atom stereocenters. The Morgan fingerprint density at radius 2 is 1.28 bits per heavy atom. The minimum absolute atomic E-state index is 0.00161. The van der Waals surface area contributed by atoms with E-state index in [-0.39, 0.29) is 25.2 Å². The van der Waals surface area contributed by atoms with Crippen molar-refractivity contribution in [3.63, 3.8) is 0 Å². The Morgan fingerprint density at radius 3 is 1.88 bits per heavy atom.